The van der Waals surface area contributed by atoms with Gasteiger partial charge >= 0.3 is 0 Å². The van der Waals surface area contributed by atoms with Crippen molar-refractivity contribution in [2.45, 2.75) is 35.4 Å². The van der Waals surface area contributed by atoms with Crippen LogP contribution in [0.25, 0.3) is 0 Å². The van der Waals surface area contributed by atoms with Gasteiger partial charge in [-0.15, -0.1) is 11.8 Å². The van der Waals surface area contributed by atoms with Gasteiger partial charge in [0.1, 0.15) is 0 Å². The molecule has 0 unspecified atom stereocenters. The molecule has 0 aliphatic rings. The number of aryl methyl sites for hydroxylation is 1. The van der Waals surface area contributed by atoms with Crippen LogP contribution in [0.5, 0.6) is 0 Å². The molecule has 0 aliphatic heterocycles. The number of carbonyl (C=O) groups excluding carboxylic acids is 1. The SMILES string of the molecule is Cc1ccc(SCc2ccc(C(=O)N[C@@H](C)c3ccc(S(C)(=O)=O)cc3)cc2)cc1. The molecule has 0 aromatic heterocycles. The van der Waals surface area contributed by atoms with Gasteiger partial charge in [-0.2, -0.15) is 0 Å². The van der Waals surface area contributed by atoms with Gasteiger partial charge in [0.25, 0.3) is 5.91 Å². The third-order valence-corrected chi connectivity index (χ3v) is 7.01. The third-order valence-electron chi connectivity index (χ3n) is 4.80. The van der Waals surface area contributed by atoms with Crippen molar-refractivity contribution >= 4 is 27.5 Å². The number of sulfone groups is 1. The van der Waals surface area contributed by atoms with Crippen molar-refractivity contribution in [1.82, 2.24) is 5.32 Å². The zero-order valence-electron chi connectivity index (χ0n) is 17.3. The Kier molecular flexibility index (Phi) is 7.00. The molecule has 3 rings (SSSR count). The van der Waals surface area contributed by atoms with E-state index in [0.717, 1.165) is 16.9 Å². The van der Waals surface area contributed by atoms with E-state index in [2.05, 4.69) is 36.5 Å². The van der Waals surface area contributed by atoms with Gasteiger partial charge in [-0.1, -0.05) is 42.0 Å². The summed E-state index contributed by atoms with van der Waals surface area (Å²) in [6.07, 6.45) is 1.18. The molecule has 3 aromatic carbocycles. The lowest BCUT2D eigenvalue weighted by molar-refractivity contribution is 0.0940. The highest BCUT2D eigenvalue weighted by Crippen LogP contribution is 2.23. The molecule has 0 radical (unpaired) electrons. The molecule has 6 heteroatoms. The predicted octanol–water partition coefficient (Wildman–Crippen LogP) is 5.18. The van der Waals surface area contributed by atoms with Crippen LogP contribution in [0.15, 0.2) is 82.6 Å². The monoisotopic (exact) mass is 439 g/mol. The average Bonchev–Trinajstić information content (AvgIpc) is 2.73. The van der Waals surface area contributed by atoms with Crippen LogP contribution in [0.1, 0.15) is 40.0 Å². The van der Waals surface area contributed by atoms with E-state index in [9.17, 15) is 13.2 Å². The molecule has 0 aliphatic carbocycles. The first kappa shape index (κ1) is 22.1. The molecule has 156 valence electrons. The fraction of sp³-hybridized carbons (Fsp3) is 0.208. The molecule has 1 atom stereocenters. The molecule has 1 amide bonds. The summed E-state index contributed by atoms with van der Waals surface area (Å²) in [7, 11) is -3.23. The van der Waals surface area contributed by atoms with Gasteiger partial charge < -0.3 is 5.32 Å². The molecule has 3 aromatic rings. The van der Waals surface area contributed by atoms with Crippen LogP contribution in [0.3, 0.4) is 0 Å². The zero-order valence-corrected chi connectivity index (χ0v) is 18.9. The van der Waals surface area contributed by atoms with Gasteiger partial charge in [-0.05, 0) is 61.4 Å². The van der Waals surface area contributed by atoms with Crippen LogP contribution >= 0.6 is 11.8 Å². The fourth-order valence-electron chi connectivity index (χ4n) is 2.92. The zero-order chi connectivity index (χ0) is 21.7. The maximum absolute atomic E-state index is 12.6. The second-order valence-electron chi connectivity index (χ2n) is 7.34. The van der Waals surface area contributed by atoms with Crippen LogP contribution in [-0.4, -0.2) is 20.6 Å². The van der Waals surface area contributed by atoms with Gasteiger partial charge in [-0.3, -0.25) is 4.79 Å². The number of carbonyl (C=O) groups is 1. The van der Waals surface area contributed by atoms with Crippen molar-refractivity contribution < 1.29 is 13.2 Å². The van der Waals surface area contributed by atoms with Crippen molar-refractivity contribution in [2.24, 2.45) is 0 Å². The molecule has 0 saturated carbocycles. The van der Waals surface area contributed by atoms with Crippen LogP contribution < -0.4 is 5.32 Å². The van der Waals surface area contributed by atoms with Crippen molar-refractivity contribution in [3.8, 4) is 0 Å². The topological polar surface area (TPSA) is 63.2 Å². The summed E-state index contributed by atoms with van der Waals surface area (Å²) < 4.78 is 23.1. The van der Waals surface area contributed by atoms with Gasteiger partial charge in [0, 0.05) is 22.5 Å². The average molecular weight is 440 g/mol. The fourth-order valence-corrected chi connectivity index (χ4v) is 4.41. The highest BCUT2D eigenvalue weighted by Gasteiger charge is 2.13. The van der Waals surface area contributed by atoms with Gasteiger partial charge in [0.05, 0.1) is 10.9 Å². The normalized spacial score (nSPS) is 12.4. The van der Waals surface area contributed by atoms with Crippen LogP contribution in [0, 0.1) is 6.92 Å². The Bertz CT molecular complexity index is 1100. The molecule has 0 heterocycles. The summed E-state index contributed by atoms with van der Waals surface area (Å²) >= 11 is 1.76. The second-order valence-corrected chi connectivity index (χ2v) is 10.4. The first-order chi connectivity index (χ1) is 14.2. The van der Waals surface area contributed by atoms with E-state index in [4.69, 9.17) is 0 Å². The summed E-state index contributed by atoms with van der Waals surface area (Å²) in [6.45, 7) is 3.95. The first-order valence-electron chi connectivity index (χ1n) is 9.61. The molecule has 0 fully saturated rings. The van der Waals surface area contributed by atoms with Gasteiger partial charge in [-0.25, -0.2) is 8.42 Å². The predicted molar refractivity (Wildman–Crippen MR) is 123 cm³/mol. The molecule has 1 N–H and O–H groups in total. The van der Waals surface area contributed by atoms with E-state index in [1.807, 2.05) is 31.2 Å². The summed E-state index contributed by atoms with van der Waals surface area (Å²) in [5.41, 5.74) is 3.84. The molecule has 0 spiro atoms. The Hall–Kier alpha value is -2.57. The van der Waals surface area contributed by atoms with Crippen molar-refractivity contribution in [3.05, 3.63) is 95.1 Å². The highest BCUT2D eigenvalue weighted by molar-refractivity contribution is 7.98. The summed E-state index contributed by atoms with van der Waals surface area (Å²) in [5.74, 6) is 0.682. The van der Waals surface area contributed by atoms with E-state index in [1.165, 1.54) is 16.7 Å². The molecule has 0 bridgehead atoms. The second kappa shape index (κ2) is 9.49. The minimum Gasteiger partial charge on any atom is -0.346 e. The summed E-state index contributed by atoms with van der Waals surface area (Å²) in [5, 5.41) is 2.96. The highest BCUT2D eigenvalue weighted by atomic mass is 32.2. The van der Waals surface area contributed by atoms with Gasteiger partial charge in [0.2, 0.25) is 0 Å². The number of hydrogen-bond acceptors (Lipinski definition) is 4. The number of thioether (sulfide) groups is 1. The maximum Gasteiger partial charge on any atom is 0.251 e. The Morgan fingerprint density at radius 3 is 2.10 bits per heavy atom. The minimum absolute atomic E-state index is 0.160. The Balaban J connectivity index is 1.58. The lowest BCUT2D eigenvalue weighted by atomic mass is 10.1. The summed E-state index contributed by atoms with van der Waals surface area (Å²) in [6, 6.07) is 22.4. The molecular weight excluding hydrogens is 414 g/mol. The Morgan fingerprint density at radius 2 is 1.53 bits per heavy atom. The van der Waals surface area contributed by atoms with Crippen molar-refractivity contribution in [3.63, 3.8) is 0 Å². The number of amides is 1. The van der Waals surface area contributed by atoms with Crippen LogP contribution in [0.4, 0.5) is 0 Å². The number of benzene rings is 3. The first-order valence-corrected chi connectivity index (χ1v) is 12.5. The van der Waals surface area contributed by atoms with E-state index in [-0.39, 0.29) is 16.8 Å². The lowest BCUT2D eigenvalue weighted by Crippen LogP contribution is -2.26. The quantitative estimate of drug-likeness (QED) is 0.515. The number of rotatable bonds is 7. The summed E-state index contributed by atoms with van der Waals surface area (Å²) in [4.78, 5) is 14.1. The molecule has 0 saturated heterocycles. The number of nitrogens with one attached hydrogen (secondary N) is 1. The van der Waals surface area contributed by atoms with E-state index < -0.39 is 9.84 Å². The van der Waals surface area contributed by atoms with Gasteiger partial charge in [0.15, 0.2) is 9.84 Å². The van der Waals surface area contributed by atoms with Crippen LogP contribution in [-0.2, 0) is 15.6 Å². The van der Waals surface area contributed by atoms with E-state index >= 15 is 0 Å². The van der Waals surface area contributed by atoms with E-state index in [1.54, 1.807) is 36.0 Å². The Morgan fingerprint density at radius 1 is 0.933 bits per heavy atom. The molecular formula is C24H25NO3S2. The standard InChI is InChI=1S/C24H25NO3S2/c1-17-4-12-22(13-5-17)29-16-19-6-8-21(9-7-19)24(26)25-18(2)20-10-14-23(15-11-20)30(3,27)28/h4-15,18H,16H2,1-3H3,(H,25,26)/t18-/m0/s1. The lowest BCUT2D eigenvalue weighted by Gasteiger charge is -2.15. The maximum atomic E-state index is 12.6. The van der Waals surface area contributed by atoms with Crippen molar-refractivity contribution in [1.29, 1.82) is 0 Å². The van der Waals surface area contributed by atoms with Crippen LogP contribution in [0.2, 0.25) is 0 Å². The van der Waals surface area contributed by atoms with E-state index in [0.29, 0.717) is 5.56 Å². The third kappa shape index (κ3) is 5.97. The smallest absolute Gasteiger partial charge is 0.251 e. The molecule has 30 heavy (non-hydrogen) atoms. The number of hydrogen-bond donors (Lipinski definition) is 1. The minimum atomic E-state index is -3.23. The Labute approximate surface area is 182 Å². The largest absolute Gasteiger partial charge is 0.346 e. The molecule has 4 nitrogen and oxygen atoms in total. The van der Waals surface area contributed by atoms with Crippen molar-refractivity contribution in [2.75, 3.05) is 6.26 Å².